The molecule has 0 amide bonds. The Labute approximate surface area is 161 Å². The number of aryl methyl sites for hydroxylation is 1. The maximum Gasteiger partial charge on any atom is 0.226 e. The molecule has 0 atom stereocenters. The van der Waals surface area contributed by atoms with E-state index in [4.69, 9.17) is 9.15 Å². The first-order valence-corrected chi connectivity index (χ1v) is 9.33. The summed E-state index contributed by atoms with van der Waals surface area (Å²) in [4.78, 5) is 11.3. The van der Waals surface area contributed by atoms with E-state index in [0.29, 0.717) is 12.4 Å². The highest BCUT2D eigenvalue weighted by molar-refractivity contribution is 5.79. The molecule has 2 N–H and O–H groups in total. The standard InChI is InChI=1S/C20H31N5O2/c1-5-21-20(22-10-11-25(3)12-13-26-4)23-14-18-15-27-19(24-18)17-8-6-16(2)7-9-17/h6-9,15H,5,10-14H2,1-4H3,(H2,21,22,23). The number of benzene rings is 1. The third kappa shape index (κ3) is 7.40. The molecule has 1 aromatic carbocycles. The lowest BCUT2D eigenvalue weighted by Crippen LogP contribution is -2.41. The van der Waals surface area contributed by atoms with Crippen molar-refractivity contribution in [2.24, 2.45) is 4.99 Å². The second-order valence-corrected chi connectivity index (χ2v) is 6.43. The molecule has 0 radical (unpaired) electrons. The lowest BCUT2D eigenvalue weighted by atomic mass is 10.1. The molecular formula is C20H31N5O2. The fourth-order valence-corrected chi connectivity index (χ4v) is 2.43. The Morgan fingerprint density at radius 1 is 1.22 bits per heavy atom. The first-order chi connectivity index (χ1) is 13.1. The summed E-state index contributed by atoms with van der Waals surface area (Å²) in [6.45, 7) is 8.74. The number of nitrogens with zero attached hydrogens (tertiary/aromatic N) is 3. The van der Waals surface area contributed by atoms with Crippen molar-refractivity contribution in [1.82, 2.24) is 20.5 Å². The normalized spacial score (nSPS) is 11.8. The van der Waals surface area contributed by atoms with Crippen LogP contribution in [0.25, 0.3) is 11.5 Å². The lowest BCUT2D eigenvalue weighted by Gasteiger charge is -2.17. The van der Waals surface area contributed by atoms with E-state index in [-0.39, 0.29) is 0 Å². The minimum atomic E-state index is 0.463. The lowest BCUT2D eigenvalue weighted by molar-refractivity contribution is 0.162. The number of hydrogen-bond donors (Lipinski definition) is 2. The summed E-state index contributed by atoms with van der Waals surface area (Å²) in [5, 5.41) is 6.59. The number of likely N-dealkylation sites (N-methyl/N-ethyl adjacent to an activating group) is 1. The number of aromatic nitrogens is 1. The first kappa shape index (κ1) is 20.9. The smallest absolute Gasteiger partial charge is 0.226 e. The number of nitrogens with one attached hydrogen (secondary N) is 2. The largest absolute Gasteiger partial charge is 0.444 e. The maximum absolute atomic E-state index is 5.59. The molecule has 2 aromatic rings. The molecule has 0 spiro atoms. The molecular weight excluding hydrogens is 342 g/mol. The fraction of sp³-hybridized carbons (Fsp3) is 0.500. The Hall–Kier alpha value is -2.38. The van der Waals surface area contributed by atoms with Gasteiger partial charge in [0.05, 0.1) is 13.2 Å². The van der Waals surface area contributed by atoms with E-state index in [2.05, 4.69) is 39.5 Å². The predicted octanol–water partition coefficient (Wildman–Crippen LogP) is 2.28. The van der Waals surface area contributed by atoms with Crippen LogP contribution in [0.1, 0.15) is 18.2 Å². The summed E-state index contributed by atoms with van der Waals surface area (Å²) in [5.74, 6) is 1.40. The van der Waals surface area contributed by atoms with E-state index in [1.807, 2.05) is 31.2 Å². The molecule has 0 aliphatic carbocycles. The van der Waals surface area contributed by atoms with Gasteiger partial charge in [-0.25, -0.2) is 9.98 Å². The Morgan fingerprint density at radius 3 is 2.70 bits per heavy atom. The predicted molar refractivity (Wildman–Crippen MR) is 109 cm³/mol. The van der Waals surface area contributed by atoms with E-state index in [9.17, 15) is 0 Å². The van der Waals surface area contributed by atoms with Crippen LogP contribution in [-0.2, 0) is 11.3 Å². The van der Waals surface area contributed by atoms with Crippen molar-refractivity contribution in [1.29, 1.82) is 0 Å². The monoisotopic (exact) mass is 373 g/mol. The van der Waals surface area contributed by atoms with Crippen LogP contribution in [0.3, 0.4) is 0 Å². The second kappa shape index (κ2) is 11.4. The number of ether oxygens (including phenoxy) is 1. The summed E-state index contributed by atoms with van der Waals surface area (Å²) >= 11 is 0. The molecule has 7 nitrogen and oxygen atoms in total. The van der Waals surface area contributed by atoms with Crippen molar-refractivity contribution < 1.29 is 9.15 Å². The molecule has 0 aliphatic rings. The van der Waals surface area contributed by atoms with Crippen LogP contribution in [0.2, 0.25) is 0 Å². The SMILES string of the molecule is CCNC(=NCc1coc(-c2ccc(C)cc2)n1)NCCN(C)CCOC. The molecule has 0 aliphatic heterocycles. The van der Waals surface area contributed by atoms with E-state index in [1.165, 1.54) is 5.56 Å². The van der Waals surface area contributed by atoms with Gasteiger partial charge >= 0.3 is 0 Å². The number of oxazole rings is 1. The van der Waals surface area contributed by atoms with Gasteiger partial charge < -0.3 is 24.7 Å². The van der Waals surface area contributed by atoms with Gasteiger partial charge in [0.25, 0.3) is 0 Å². The molecule has 0 bridgehead atoms. The highest BCUT2D eigenvalue weighted by Crippen LogP contribution is 2.19. The number of hydrogen-bond acceptors (Lipinski definition) is 5. The van der Waals surface area contributed by atoms with Crippen molar-refractivity contribution in [2.45, 2.75) is 20.4 Å². The average Bonchev–Trinajstić information content (AvgIpc) is 3.14. The Balaban J connectivity index is 1.87. The number of methoxy groups -OCH3 is 1. The minimum Gasteiger partial charge on any atom is -0.444 e. The highest BCUT2D eigenvalue weighted by Gasteiger charge is 2.07. The van der Waals surface area contributed by atoms with Gasteiger partial charge in [0.1, 0.15) is 12.0 Å². The van der Waals surface area contributed by atoms with Gasteiger partial charge in [-0.3, -0.25) is 0 Å². The number of aliphatic imine (C=N–C) groups is 1. The van der Waals surface area contributed by atoms with Gasteiger partial charge in [-0.1, -0.05) is 17.7 Å². The van der Waals surface area contributed by atoms with E-state index in [0.717, 1.165) is 50.0 Å². The van der Waals surface area contributed by atoms with Crippen LogP contribution in [0, 0.1) is 6.92 Å². The summed E-state index contributed by atoms with van der Waals surface area (Å²) < 4.78 is 10.7. The highest BCUT2D eigenvalue weighted by atomic mass is 16.5. The molecule has 1 aromatic heterocycles. The van der Waals surface area contributed by atoms with Crippen molar-refractivity contribution in [3.63, 3.8) is 0 Å². The van der Waals surface area contributed by atoms with Gasteiger partial charge in [0.15, 0.2) is 5.96 Å². The molecule has 1 heterocycles. The van der Waals surface area contributed by atoms with Gasteiger partial charge in [0, 0.05) is 38.9 Å². The zero-order valence-electron chi connectivity index (χ0n) is 16.8. The van der Waals surface area contributed by atoms with Crippen LogP contribution < -0.4 is 10.6 Å². The van der Waals surface area contributed by atoms with Crippen molar-refractivity contribution in [2.75, 3.05) is 46.9 Å². The zero-order chi connectivity index (χ0) is 19.5. The summed E-state index contributed by atoms with van der Waals surface area (Å²) in [7, 11) is 3.79. The van der Waals surface area contributed by atoms with Crippen molar-refractivity contribution in [3.05, 3.63) is 41.8 Å². The minimum absolute atomic E-state index is 0.463. The van der Waals surface area contributed by atoms with Crippen LogP contribution in [0.5, 0.6) is 0 Å². The molecule has 0 fully saturated rings. The van der Waals surface area contributed by atoms with E-state index < -0.39 is 0 Å². The maximum atomic E-state index is 5.59. The first-order valence-electron chi connectivity index (χ1n) is 9.33. The molecule has 27 heavy (non-hydrogen) atoms. The molecule has 2 rings (SSSR count). The van der Waals surface area contributed by atoms with Crippen LogP contribution >= 0.6 is 0 Å². The number of rotatable bonds is 10. The third-order valence-electron chi connectivity index (χ3n) is 4.06. The Bertz CT molecular complexity index is 697. The van der Waals surface area contributed by atoms with Gasteiger partial charge in [-0.15, -0.1) is 0 Å². The van der Waals surface area contributed by atoms with Crippen molar-refractivity contribution in [3.8, 4) is 11.5 Å². The summed E-state index contributed by atoms with van der Waals surface area (Å²) in [5.41, 5.74) is 2.99. The molecule has 0 saturated carbocycles. The molecule has 0 saturated heterocycles. The van der Waals surface area contributed by atoms with Crippen LogP contribution in [-0.4, -0.2) is 62.8 Å². The van der Waals surface area contributed by atoms with Crippen molar-refractivity contribution >= 4 is 5.96 Å². The Kier molecular flexibility index (Phi) is 8.80. The zero-order valence-corrected chi connectivity index (χ0v) is 16.8. The third-order valence-corrected chi connectivity index (χ3v) is 4.06. The number of guanidine groups is 1. The van der Waals surface area contributed by atoms with Crippen LogP contribution in [0.15, 0.2) is 39.9 Å². The van der Waals surface area contributed by atoms with Gasteiger partial charge in [-0.2, -0.15) is 0 Å². The Morgan fingerprint density at radius 2 is 2.00 bits per heavy atom. The van der Waals surface area contributed by atoms with Gasteiger partial charge in [0.2, 0.25) is 5.89 Å². The summed E-state index contributed by atoms with van der Waals surface area (Å²) in [6.07, 6.45) is 1.67. The summed E-state index contributed by atoms with van der Waals surface area (Å²) in [6, 6.07) is 8.13. The quantitative estimate of drug-likeness (QED) is 0.492. The van der Waals surface area contributed by atoms with Gasteiger partial charge in [-0.05, 0) is 33.0 Å². The fourth-order valence-electron chi connectivity index (χ4n) is 2.43. The topological polar surface area (TPSA) is 74.9 Å². The molecule has 148 valence electrons. The molecule has 0 unspecified atom stereocenters. The van der Waals surface area contributed by atoms with E-state index in [1.54, 1.807) is 13.4 Å². The average molecular weight is 374 g/mol. The van der Waals surface area contributed by atoms with Crippen LogP contribution in [0.4, 0.5) is 0 Å². The second-order valence-electron chi connectivity index (χ2n) is 6.43. The van der Waals surface area contributed by atoms with E-state index >= 15 is 0 Å². The molecule has 7 heteroatoms.